The first-order chi connectivity index (χ1) is 10.3. The molecule has 0 aliphatic rings. The molecule has 1 aromatic carbocycles. The van der Waals surface area contributed by atoms with Gasteiger partial charge in [0.25, 0.3) is 5.91 Å². The maximum absolute atomic E-state index is 11.6. The molecule has 1 atom stereocenters. The molecular formula is C15H19NO6. The molecule has 0 bridgehead atoms. The molecule has 0 radical (unpaired) electrons. The number of ether oxygens (including phenoxy) is 3. The molecule has 1 aromatic rings. The molecule has 0 saturated heterocycles. The second-order valence-corrected chi connectivity index (χ2v) is 4.67. The first kappa shape index (κ1) is 17.5. The topological polar surface area (TPSA) is 90.9 Å². The lowest BCUT2D eigenvalue weighted by Crippen LogP contribution is -2.40. The zero-order valence-electron chi connectivity index (χ0n) is 13.0. The van der Waals surface area contributed by atoms with Gasteiger partial charge in [-0.25, -0.2) is 9.59 Å². The maximum atomic E-state index is 11.6. The van der Waals surface area contributed by atoms with Crippen LogP contribution in [0.4, 0.5) is 4.79 Å². The highest BCUT2D eigenvalue weighted by Crippen LogP contribution is 2.18. The van der Waals surface area contributed by atoms with E-state index in [9.17, 15) is 14.4 Å². The fraction of sp³-hybridized carbons (Fsp3) is 0.400. The number of hydrogen-bond acceptors (Lipinski definition) is 6. The molecule has 0 aliphatic carbocycles. The fourth-order valence-corrected chi connectivity index (χ4v) is 1.64. The molecule has 22 heavy (non-hydrogen) atoms. The van der Waals surface area contributed by atoms with Gasteiger partial charge < -0.3 is 14.2 Å². The Balaban J connectivity index is 2.45. The van der Waals surface area contributed by atoms with Crippen molar-refractivity contribution in [2.24, 2.45) is 0 Å². The second-order valence-electron chi connectivity index (χ2n) is 4.67. The van der Waals surface area contributed by atoms with E-state index in [-0.39, 0.29) is 6.61 Å². The number of benzene rings is 1. The number of imide groups is 1. The summed E-state index contributed by atoms with van der Waals surface area (Å²) in [6.07, 6.45) is -2.05. The summed E-state index contributed by atoms with van der Waals surface area (Å²) in [5.74, 6) is -0.923. The van der Waals surface area contributed by atoms with Crippen LogP contribution in [0.2, 0.25) is 0 Å². The van der Waals surface area contributed by atoms with Crippen molar-refractivity contribution < 1.29 is 28.6 Å². The predicted molar refractivity (Wildman–Crippen MR) is 77.5 cm³/mol. The third-order valence-electron chi connectivity index (χ3n) is 2.76. The van der Waals surface area contributed by atoms with E-state index in [1.165, 1.54) is 6.92 Å². The van der Waals surface area contributed by atoms with Crippen LogP contribution >= 0.6 is 0 Å². The summed E-state index contributed by atoms with van der Waals surface area (Å²) in [6, 6.07) is 5.54. The molecule has 0 spiro atoms. The van der Waals surface area contributed by atoms with Crippen LogP contribution in [0.25, 0.3) is 0 Å². The lowest BCUT2D eigenvalue weighted by Gasteiger charge is -2.13. The summed E-state index contributed by atoms with van der Waals surface area (Å²) < 4.78 is 14.5. The van der Waals surface area contributed by atoms with E-state index in [2.05, 4.69) is 4.74 Å². The van der Waals surface area contributed by atoms with Crippen molar-refractivity contribution >= 4 is 18.0 Å². The molecule has 1 N–H and O–H groups in total. The normalized spacial score (nSPS) is 11.3. The highest BCUT2D eigenvalue weighted by atomic mass is 16.6. The molecule has 0 aliphatic heterocycles. The number of carbonyl (C=O) groups excluding carboxylic acids is 3. The summed E-state index contributed by atoms with van der Waals surface area (Å²) in [6.45, 7) is 4.82. The Bertz CT molecular complexity index is 569. The van der Waals surface area contributed by atoms with Gasteiger partial charge in [0.05, 0.1) is 7.11 Å². The summed E-state index contributed by atoms with van der Waals surface area (Å²) in [7, 11) is 1.12. The number of aryl methyl sites for hydroxylation is 2. The predicted octanol–water partition coefficient (Wildman–Crippen LogP) is 1.50. The Kier molecular flexibility index (Phi) is 6.37. The smallest absolute Gasteiger partial charge is 0.413 e. The number of esters is 1. The molecule has 120 valence electrons. The standard InChI is InChI=1S/C15H19NO6/c1-9-5-6-12(10(2)7-9)21-8-13(17)22-11(3)14(18)16-15(19)20-4/h5-7,11H,8H2,1-4H3,(H,16,18,19)/t11-/m0/s1. The minimum absolute atomic E-state index is 0.334. The van der Waals surface area contributed by atoms with Gasteiger partial charge in [-0.2, -0.15) is 0 Å². The van der Waals surface area contributed by atoms with E-state index in [1.807, 2.05) is 31.3 Å². The van der Waals surface area contributed by atoms with Crippen LogP contribution in [0.5, 0.6) is 5.75 Å². The molecule has 0 unspecified atom stereocenters. The Hall–Kier alpha value is -2.57. The van der Waals surface area contributed by atoms with Gasteiger partial charge in [-0.05, 0) is 32.4 Å². The third kappa shape index (κ3) is 5.43. The van der Waals surface area contributed by atoms with E-state index < -0.39 is 24.1 Å². The van der Waals surface area contributed by atoms with Gasteiger partial charge in [0.15, 0.2) is 12.7 Å². The van der Waals surface area contributed by atoms with Crippen molar-refractivity contribution in [2.75, 3.05) is 13.7 Å². The fourth-order valence-electron chi connectivity index (χ4n) is 1.64. The van der Waals surface area contributed by atoms with Crippen LogP contribution in [0, 0.1) is 13.8 Å². The molecule has 2 amide bonds. The van der Waals surface area contributed by atoms with Crippen molar-refractivity contribution in [3.8, 4) is 5.75 Å². The minimum atomic E-state index is -1.13. The quantitative estimate of drug-likeness (QED) is 0.829. The van der Waals surface area contributed by atoms with Crippen LogP contribution < -0.4 is 10.1 Å². The lowest BCUT2D eigenvalue weighted by atomic mass is 10.1. The zero-order chi connectivity index (χ0) is 16.7. The minimum Gasteiger partial charge on any atom is -0.482 e. The van der Waals surface area contributed by atoms with Crippen LogP contribution in [0.1, 0.15) is 18.1 Å². The second kappa shape index (κ2) is 8.02. The summed E-state index contributed by atoms with van der Waals surface area (Å²) >= 11 is 0. The van der Waals surface area contributed by atoms with Crippen LogP contribution in [0.3, 0.4) is 0 Å². The molecule has 0 fully saturated rings. The lowest BCUT2D eigenvalue weighted by molar-refractivity contribution is -0.156. The summed E-state index contributed by atoms with van der Waals surface area (Å²) in [5, 5.41) is 1.91. The van der Waals surface area contributed by atoms with Crippen LogP contribution in [-0.4, -0.2) is 37.8 Å². The van der Waals surface area contributed by atoms with Crippen molar-refractivity contribution in [3.05, 3.63) is 29.3 Å². The molecule has 0 aromatic heterocycles. The largest absolute Gasteiger partial charge is 0.482 e. The number of hydrogen-bond donors (Lipinski definition) is 1. The number of rotatable bonds is 5. The van der Waals surface area contributed by atoms with Gasteiger partial charge in [0.2, 0.25) is 0 Å². The third-order valence-corrected chi connectivity index (χ3v) is 2.76. The average molecular weight is 309 g/mol. The Morgan fingerprint density at radius 3 is 2.50 bits per heavy atom. The molecular weight excluding hydrogens is 290 g/mol. The molecule has 7 heteroatoms. The number of nitrogens with one attached hydrogen (secondary N) is 1. The van der Waals surface area contributed by atoms with Gasteiger partial charge in [-0.1, -0.05) is 17.7 Å². The average Bonchev–Trinajstić information content (AvgIpc) is 2.45. The highest BCUT2D eigenvalue weighted by Gasteiger charge is 2.20. The van der Waals surface area contributed by atoms with Gasteiger partial charge in [0, 0.05) is 0 Å². The maximum Gasteiger partial charge on any atom is 0.413 e. The van der Waals surface area contributed by atoms with Gasteiger partial charge in [0.1, 0.15) is 5.75 Å². The van der Waals surface area contributed by atoms with E-state index in [0.717, 1.165) is 18.2 Å². The zero-order valence-corrected chi connectivity index (χ0v) is 13.0. The summed E-state index contributed by atoms with van der Waals surface area (Å²) in [5.41, 5.74) is 1.98. The molecule has 7 nitrogen and oxygen atoms in total. The van der Waals surface area contributed by atoms with Crippen molar-refractivity contribution in [3.63, 3.8) is 0 Å². The van der Waals surface area contributed by atoms with Crippen molar-refractivity contribution in [1.82, 2.24) is 5.32 Å². The van der Waals surface area contributed by atoms with E-state index in [1.54, 1.807) is 6.07 Å². The number of methoxy groups -OCH3 is 1. The SMILES string of the molecule is COC(=O)NC(=O)[C@H](C)OC(=O)COc1ccc(C)cc1C. The number of carbonyl (C=O) groups is 3. The molecule has 0 saturated carbocycles. The first-order valence-electron chi connectivity index (χ1n) is 6.61. The molecule has 0 heterocycles. The number of amides is 2. The van der Waals surface area contributed by atoms with E-state index >= 15 is 0 Å². The van der Waals surface area contributed by atoms with E-state index in [4.69, 9.17) is 9.47 Å². The molecule has 1 rings (SSSR count). The van der Waals surface area contributed by atoms with Crippen molar-refractivity contribution in [2.45, 2.75) is 26.9 Å². The first-order valence-corrected chi connectivity index (χ1v) is 6.61. The highest BCUT2D eigenvalue weighted by molar-refractivity contribution is 5.95. The van der Waals surface area contributed by atoms with Gasteiger partial charge in [-0.15, -0.1) is 0 Å². The monoisotopic (exact) mass is 309 g/mol. The van der Waals surface area contributed by atoms with Gasteiger partial charge >= 0.3 is 12.1 Å². The summed E-state index contributed by atoms with van der Waals surface area (Å²) in [4.78, 5) is 34.0. The van der Waals surface area contributed by atoms with Crippen LogP contribution in [0.15, 0.2) is 18.2 Å². The number of alkyl carbamates (subject to hydrolysis) is 1. The Labute approximate surface area is 128 Å². The van der Waals surface area contributed by atoms with Crippen LogP contribution in [-0.2, 0) is 19.1 Å². The Morgan fingerprint density at radius 2 is 1.91 bits per heavy atom. The Morgan fingerprint density at radius 1 is 1.23 bits per heavy atom. The van der Waals surface area contributed by atoms with E-state index in [0.29, 0.717) is 5.75 Å². The van der Waals surface area contributed by atoms with Gasteiger partial charge in [-0.3, -0.25) is 10.1 Å². The van der Waals surface area contributed by atoms with Crippen molar-refractivity contribution in [1.29, 1.82) is 0 Å².